The van der Waals surface area contributed by atoms with E-state index in [0.717, 1.165) is 41.6 Å². The normalized spacial score (nSPS) is 15.8. The molecule has 0 bridgehead atoms. The van der Waals surface area contributed by atoms with Gasteiger partial charge in [-0.2, -0.15) is 0 Å². The van der Waals surface area contributed by atoms with Gasteiger partial charge in [0.1, 0.15) is 18.2 Å². The first-order valence-corrected chi connectivity index (χ1v) is 15.0. The molecule has 2 heterocycles. The molecule has 196 valence electrons. The lowest BCUT2D eigenvalue weighted by atomic mass is 10.0. The summed E-state index contributed by atoms with van der Waals surface area (Å²) in [5, 5.41) is 9.04. The Morgan fingerprint density at radius 3 is 2.63 bits per heavy atom. The van der Waals surface area contributed by atoms with E-state index in [4.69, 9.17) is 4.74 Å². The van der Waals surface area contributed by atoms with Crippen LogP contribution < -0.4 is 4.74 Å². The average molecular weight is 551 g/mol. The van der Waals surface area contributed by atoms with Gasteiger partial charge < -0.3 is 4.74 Å². The number of nitrogens with zero attached hydrogens (tertiary/aromatic N) is 4. The minimum absolute atomic E-state index is 0.110. The molecule has 2 aromatic heterocycles. The van der Waals surface area contributed by atoms with Crippen molar-refractivity contribution in [2.75, 3.05) is 6.26 Å². The number of allylic oxidation sites excluding steroid dienone is 1. The van der Waals surface area contributed by atoms with Gasteiger partial charge in [0.25, 0.3) is 0 Å². The van der Waals surface area contributed by atoms with Crippen LogP contribution in [0, 0.1) is 6.92 Å². The predicted octanol–water partition coefficient (Wildman–Crippen LogP) is 6.12. The van der Waals surface area contributed by atoms with Gasteiger partial charge in [-0.15, -0.1) is 10.2 Å². The maximum Gasteiger partial charge on any atom is 0.196 e. The molecule has 5 rings (SSSR count). The summed E-state index contributed by atoms with van der Waals surface area (Å²) < 4.78 is 45.9. The van der Waals surface area contributed by atoms with Gasteiger partial charge in [-0.1, -0.05) is 36.0 Å². The third-order valence-electron chi connectivity index (χ3n) is 6.33. The monoisotopic (exact) mass is 550 g/mol. The number of sulfone groups is 1. The molecule has 7 nitrogen and oxygen atoms in total. The van der Waals surface area contributed by atoms with Crippen LogP contribution in [0.1, 0.15) is 30.7 Å². The Labute approximate surface area is 225 Å². The molecule has 2 aromatic carbocycles. The Morgan fingerprint density at radius 2 is 1.95 bits per heavy atom. The molecule has 38 heavy (non-hydrogen) atoms. The molecule has 1 aliphatic carbocycles. The maximum atomic E-state index is 14.4. The number of thioether (sulfide) groups is 1. The molecule has 0 N–H and O–H groups in total. The van der Waals surface area contributed by atoms with Gasteiger partial charge in [-0.3, -0.25) is 9.55 Å². The van der Waals surface area contributed by atoms with Crippen LogP contribution >= 0.6 is 11.8 Å². The fourth-order valence-corrected chi connectivity index (χ4v) is 6.13. The third kappa shape index (κ3) is 5.81. The number of aryl methyl sites for hydroxylation is 1. The highest BCUT2D eigenvalue weighted by Gasteiger charge is 2.24. The van der Waals surface area contributed by atoms with Gasteiger partial charge in [0, 0.05) is 12.5 Å². The van der Waals surface area contributed by atoms with E-state index in [-0.39, 0.29) is 22.6 Å². The highest BCUT2D eigenvalue weighted by Crippen LogP contribution is 2.36. The SMILES string of the molecule is Cc1cc(OCc2nnc(SC3CCCC=C3F)n2-c2cccnc2)ccc1-c1ccc(S(C)(=O)=O)cc1. The Kier molecular flexibility index (Phi) is 7.62. The van der Waals surface area contributed by atoms with Crippen LogP contribution in [-0.2, 0) is 16.4 Å². The molecule has 1 aliphatic rings. The highest BCUT2D eigenvalue weighted by atomic mass is 32.2. The molecule has 0 saturated heterocycles. The van der Waals surface area contributed by atoms with Crippen LogP contribution in [0.2, 0.25) is 0 Å². The number of aromatic nitrogens is 4. The molecule has 0 spiro atoms. The molecule has 0 radical (unpaired) electrons. The van der Waals surface area contributed by atoms with Gasteiger partial charge in [-0.25, -0.2) is 12.8 Å². The zero-order chi connectivity index (χ0) is 26.7. The fourth-order valence-electron chi connectivity index (χ4n) is 4.35. The minimum Gasteiger partial charge on any atom is -0.486 e. The van der Waals surface area contributed by atoms with Crippen LogP contribution in [0.3, 0.4) is 0 Å². The first-order chi connectivity index (χ1) is 18.3. The van der Waals surface area contributed by atoms with Gasteiger partial charge in [-0.05, 0) is 79.3 Å². The summed E-state index contributed by atoms with van der Waals surface area (Å²) in [5.41, 5.74) is 3.67. The van der Waals surface area contributed by atoms with E-state index < -0.39 is 9.84 Å². The molecular formula is C28H27FN4O3S2. The number of hydrogen-bond acceptors (Lipinski definition) is 7. The van der Waals surface area contributed by atoms with Crippen molar-refractivity contribution in [3.8, 4) is 22.6 Å². The average Bonchev–Trinajstić information content (AvgIpc) is 3.31. The smallest absolute Gasteiger partial charge is 0.196 e. The summed E-state index contributed by atoms with van der Waals surface area (Å²) in [7, 11) is -3.25. The highest BCUT2D eigenvalue weighted by molar-refractivity contribution is 8.00. The second-order valence-corrected chi connectivity index (χ2v) is 12.3. The summed E-state index contributed by atoms with van der Waals surface area (Å²) in [4.78, 5) is 4.51. The lowest BCUT2D eigenvalue weighted by Crippen LogP contribution is -2.11. The summed E-state index contributed by atoms with van der Waals surface area (Å²) in [6.45, 7) is 2.14. The van der Waals surface area contributed by atoms with E-state index >= 15 is 0 Å². The van der Waals surface area contributed by atoms with E-state index in [1.54, 1.807) is 42.7 Å². The molecule has 4 aromatic rings. The van der Waals surface area contributed by atoms with Gasteiger partial charge in [0.2, 0.25) is 0 Å². The lowest BCUT2D eigenvalue weighted by Gasteiger charge is -2.18. The number of ether oxygens (including phenoxy) is 1. The lowest BCUT2D eigenvalue weighted by molar-refractivity contribution is 0.292. The number of rotatable bonds is 8. The minimum atomic E-state index is -3.25. The van der Waals surface area contributed by atoms with E-state index in [0.29, 0.717) is 16.7 Å². The van der Waals surface area contributed by atoms with E-state index in [9.17, 15) is 12.8 Å². The first kappa shape index (κ1) is 26.1. The Bertz CT molecular complexity index is 1570. The quantitative estimate of drug-likeness (QED) is 0.261. The zero-order valence-electron chi connectivity index (χ0n) is 21.0. The van der Waals surface area contributed by atoms with Crippen molar-refractivity contribution in [3.05, 3.63) is 90.3 Å². The number of benzene rings is 2. The summed E-state index contributed by atoms with van der Waals surface area (Å²) in [6, 6.07) is 16.3. The van der Waals surface area contributed by atoms with Crippen molar-refractivity contribution in [2.24, 2.45) is 0 Å². The molecule has 1 atom stereocenters. The summed E-state index contributed by atoms with van der Waals surface area (Å²) in [5.74, 6) is 1.13. The molecule has 0 saturated carbocycles. The second-order valence-electron chi connectivity index (χ2n) is 9.13. The molecule has 0 fully saturated rings. The van der Waals surface area contributed by atoms with Crippen molar-refractivity contribution >= 4 is 21.6 Å². The van der Waals surface area contributed by atoms with Gasteiger partial charge in [0.15, 0.2) is 20.8 Å². The van der Waals surface area contributed by atoms with E-state index in [1.165, 1.54) is 18.0 Å². The number of hydrogen-bond donors (Lipinski definition) is 0. The Morgan fingerprint density at radius 1 is 1.13 bits per heavy atom. The second kappa shape index (κ2) is 11.1. The maximum absolute atomic E-state index is 14.4. The first-order valence-electron chi connectivity index (χ1n) is 12.2. The standard InChI is InChI=1S/C28H27FN4O3S2/c1-19-16-22(11-14-24(19)20-9-12-23(13-10-20)38(2,34)35)36-18-27-31-32-28(33(27)21-6-5-15-30-17-21)37-26-8-4-3-7-25(26)29/h5-7,9-17,26H,3-4,8,18H2,1-2H3. The molecule has 10 heteroatoms. The van der Waals surface area contributed by atoms with Crippen LogP contribution in [0.25, 0.3) is 16.8 Å². The predicted molar refractivity (Wildman–Crippen MR) is 146 cm³/mol. The largest absolute Gasteiger partial charge is 0.486 e. The van der Waals surface area contributed by atoms with Crippen LogP contribution in [0.15, 0.2) is 88.9 Å². The van der Waals surface area contributed by atoms with Gasteiger partial charge in [0.05, 0.1) is 22.0 Å². The fraction of sp³-hybridized carbons (Fsp3) is 0.250. The van der Waals surface area contributed by atoms with E-state index in [1.807, 2.05) is 41.8 Å². The van der Waals surface area contributed by atoms with Crippen molar-refractivity contribution in [3.63, 3.8) is 0 Å². The van der Waals surface area contributed by atoms with Crippen LogP contribution in [-0.4, -0.2) is 39.7 Å². The van der Waals surface area contributed by atoms with Crippen molar-refractivity contribution in [1.82, 2.24) is 19.7 Å². The number of pyridine rings is 1. The molecular weight excluding hydrogens is 523 g/mol. The van der Waals surface area contributed by atoms with Crippen molar-refractivity contribution in [2.45, 2.75) is 48.1 Å². The molecule has 1 unspecified atom stereocenters. The molecule has 0 aliphatic heterocycles. The van der Waals surface area contributed by atoms with Crippen LogP contribution in [0.4, 0.5) is 4.39 Å². The zero-order valence-corrected chi connectivity index (χ0v) is 22.7. The van der Waals surface area contributed by atoms with Crippen LogP contribution in [0.5, 0.6) is 5.75 Å². The molecule has 0 amide bonds. The van der Waals surface area contributed by atoms with E-state index in [2.05, 4.69) is 15.2 Å². The van der Waals surface area contributed by atoms with Gasteiger partial charge >= 0.3 is 0 Å². The van der Waals surface area contributed by atoms with Crippen molar-refractivity contribution in [1.29, 1.82) is 0 Å². The van der Waals surface area contributed by atoms with Crippen molar-refractivity contribution < 1.29 is 17.5 Å². The summed E-state index contributed by atoms with van der Waals surface area (Å²) >= 11 is 1.37. The Hall–Kier alpha value is -3.50. The topological polar surface area (TPSA) is 87.0 Å². The summed E-state index contributed by atoms with van der Waals surface area (Å²) in [6.07, 6.45) is 8.73. The third-order valence-corrected chi connectivity index (χ3v) is 8.68. The Balaban J connectivity index is 1.36. The number of halogens is 1.